The average molecular weight is 334 g/mol. The van der Waals surface area contributed by atoms with E-state index in [-0.39, 0.29) is 24.6 Å². The second-order valence-corrected chi connectivity index (χ2v) is 6.70. The Morgan fingerprint density at radius 3 is 2.71 bits per heavy atom. The minimum absolute atomic E-state index is 0.00408. The van der Waals surface area contributed by atoms with Crippen LogP contribution in [0.3, 0.4) is 0 Å². The number of rotatable bonds is 12. The maximum Gasteiger partial charge on any atom is 0.309 e. The Hall–Kier alpha value is -1.27. The van der Waals surface area contributed by atoms with Crippen molar-refractivity contribution in [1.29, 1.82) is 0 Å². The van der Waals surface area contributed by atoms with Gasteiger partial charge in [0.25, 0.3) is 0 Å². The van der Waals surface area contributed by atoms with Crippen LogP contribution in [0.4, 0.5) is 0 Å². The van der Waals surface area contributed by atoms with Crippen molar-refractivity contribution >= 4 is 5.97 Å². The van der Waals surface area contributed by atoms with E-state index in [1.165, 1.54) is 32.1 Å². The summed E-state index contributed by atoms with van der Waals surface area (Å²) in [5.41, 5.74) is 0. The van der Waals surface area contributed by atoms with Crippen LogP contribution in [-0.4, -0.2) is 23.8 Å². The lowest BCUT2D eigenvalue weighted by molar-refractivity contribution is -0.145. The standard InChI is InChI=1S/C21H34O3/c1-2-3-4-5-6-7-8-9-10-11-12-13-14-15-16-19-17-20(18-22)24-21(19)23/h7-8,19-20,22H,2-6,11-18H2,1H3/b8-7-/t19-,20+/m1/s1. The number of carbonyl (C=O) groups excluding carboxylic acids is 1. The Bertz CT molecular complexity index is 417. The molecule has 0 aromatic rings. The summed E-state index contributed by atoms with van der Waals surface area (Å²) in [4.78, 5) is 11.6. The van der Waals surface area contributed by atoms with E-state index in [2.05, 4.69) is 24.8 Å². The van der Waals surface area contributed by atoms with Gasteiger partial charge in [0.1, 0.15) is 6.10 Å². The predicted octanol–water partition coefficient (Wildman–Crippen LogP) is 4.78. The van der Waals surface area contributed by atoms with Gasteiger partial charge in [0.2, 0.25) is 0 Å². The number of esters is 1. The third-order valence-electron chi connectivity index (χ3n) is 4.50. The van der Waals surface area contributed by atoms with Gasteiger partial charge in [-0.2, -0.15) is 0 Å². The summed E-state index contributed by atoms with van der Waals surface area (Å²) in [6.45, 7) is 2.19. The van der Waals surface area contributed by atoms with Crippen LogP contribution in [0.2, 0.25) is 0 Å². The number of carbonyl (C=O) groups is 1. The Labute approximate surface area is 147 Å². The normalized spacial score (nSPS) is 20.2. The van der Waals surface area contributed by atoms with E-state index in [4.69, 9.17) is 9.84 Å². The molecule has 0 aromatic heterocycles. The van der Waals surface area contributed by atoms with Crippen molar-refractivity contribution in [3.8, 4) is 11.8 Å². The lowest BCUT2D eigenvalue weighted by Crippen LogP contribution is -2.10. The molecule has 1 fully saturated rings. The van der Waals surface area contributed by atoms with Crippen LogP contribution in [0.15, 0.2) is 12.2 Å². The highest BCUT2D eigenvalue weighted by Gasteiger charge is 2.33. The van der Waals surface area contributed by atoms with E-state index in [0.29, 0.717) is 6.42 Å². The van der Waals surface area contributed by atoms with E-state index < -0.39 is 0 Å². The number of unbranched alkanes of at least 4 members (excludes halogenated alkanes) is 8. The average Bonchev–Trinajstić information content (AvgIpc) is 2.95. The van der Waals surface area contributed by atoms with E-state index in [0.717, 1.165) is 38.5 Å². The van der Waals surface area contributed by atoms with Crippen molar-refractivity contribution in [3.05, 3.63) is 12.2 Å². The molecule has 0 bridgehead atoms. The molecule has 2 atom stereocenters. The molecule has 1 aliphatic heterocycles. The molecule has 0 aliphatic carbocycles. The molecule has 3 nitrogen and oxygen atoms in total. The van der Waals surface area contributed by atoms with Crippen molar-refractivity contribution < 1.29 is 14.6 Å². The molecule has 0 spiro atoms. The van der Waals surface area contributed by atoms with Crippen molar-refractivity contribution in [2.45, 2.75) is 90.1 Å². The second kappa shape index (κ2) is 14.1. The van der Waals surface area contributed by atoms with Crippen LogP contribution in [0.1, 0.15) is 84.0 Å². The maximum atomic E-state index is 11.6. The van der Waals surface area contributed by atoms with E-state index in [9.17, 15) is 4.79 Å². The first-order valence-corrected chi connectivity index (χ1v) is 9.72. The van der Waals surface area contributed by atoms with Gasteiger partial charge in [0.05, 0.1) is 12.5 Å². The lowest BCUT2D eigenvalue weighted by Gasteiger charge is -2.04. The number of aliphatic hydroxyl groups excluding tert-OH is 1. The molecular formula is C21H34O3. The molecule has 1 heterocycles. The largest absolute Gasteiger partial charge is 0.460 e. The fraction of sp³-hybridized carbons (Fsp3) is 0.762. The van der Waals surface area contributed by atoms with Gasteiger partial charge in [-0.3, -0.25) is 4.79 Å². The molecule has 0 aromatic carbocycles. The molecular weight excluding hydrogens is 300 g/mol. The molecule has 0 amide bonds. The van der Waals surface area contributed by atoms with Gasteiger partial charge in [0.15, 0.2) is 0 Å². The second-order valence-electron chi connectivity index (χ2n) is 6.70. The molecule has 1 N–H and O–H groups in total. The Morgan fingerprint density at radius 2 is 1.96 bits per heavy atom. The summed E-state index contributed by atoms with van der Waals surface area (Å²) in [6, 6.07) is 0. The zero-order valence-electron chi connectivity index (χ0n) is 15.3. The van der Waals surface area contributed by atoms with Gasteiger partial charge in [-0.25, -0.2) is 0 Å². The summed E-state index contributed by atoms with van der Waals surface area (Å²) in [5, 5.41) is 9.00. The smallest absolute Gasteiger partial charge is 0.309 e. The summed E-state index contributed by atoms with van der Waals surface area (Å²) in [6.07, 6.45) is 17.3. The fourth-order valence-electron chi connectivity index (χ4n) is 2.99. The van der Waals surface area contributed by atoms with Crippen LogP contribution < -0.4 is 0 Å². The summed E-state index contributed by atoms with van der Waals surface area (Å²) < 4.78 is 5.08. The van der Waals surface area contributed by atoms with E-state index in [1.54, 1.807) is 0 Å². The van der Waals surface area contributed by atoms with Crippen LogP contribution in [0.5, 0.6) is 0 Å². The van der Waals surface area contributed by atoms with Crippen molar-refractivity contribution in [1.82, 2.24) is 0 Å². The number of allylic oxidation sites excluding steroid dienone is 2. The topological polar surface area (TPSA) is 46.5 Å². The van der Waals surface area contributed by atoms with Crippen LogP contribution in [0.25, 0.3) is 0 Å². The number of hydrogen-bond acceptors (Lipinski definition) is 3. The van der Waals surface area contributed by atoms with Crippen LogP contribution >= 0.6 is 0 Å². The number of aliphatic hydroxyl groups is 1. The van der Waals surface area contributed by atoms with Gasteiger partial charge in [-0.05, 0) is 38.2 Å². The highest BCUT2D eigenvalue weighted by Crippen LogP contribution is 2.25. The molecule has 0 unspecified atom stereocenters. The molecule has 1 rings (SSSR count). The lowest BCUT2D eigenvalue weighted by atomic mass is 9.97. The monoisotopic (exact) mass is 334 g/mol. The third kappa shape index (κ3) is 9.78. The zero-order valence-corrected chi connectivity index (χ0v) is 15.3. The van der Waals surface area contributed by atoms with Crippen molar-refractivity contribution in [3.63, 3.8) is 0 Å². The van der Waals surface area contributed by atoms with Gasteiger partial charge in [-0.1, -0.05) is 63.4 Å². The predicted molar refractivity (Wildman–Crippen MR) is 98.4 cm³/mol. The minimum atomic E-state index is -0.266. The molecule has 24 heavy (non-hydrogen) atoms. The Kier molecular flexibility index (Phi) is 12.2. The van der Waals surface area contributed by atoms with Crippen LogP contribution in [0, 0.1) is 17.8 Å². The van der Waals surface area contributed by atoms with Gasteiger partial charge in [0, 0.05) is 6.42 Å². The number of cyclic esters (lactones) is 1. The molecule has 0 saturated carbocycles. The zero-order chi connectivity index (χ0) is 17.5. The fourth-order valence-corrected chi connectivity index (χ4v) is 2.99. The third-order valence-corrected chi connectivity index (χ3v) is 4.50. The van der Waals surface area contributed by atoms with Crippen molar-refractivity contribution in [2.24, 2.45) is 5.92 Å². The Morgan fingerprint density at radius 1 is 1.17 bits per heavy atom. The molecule has 1 saturated heterocycles. The number of ether oxygens (including phenoxy) is 1. The molecule has 0 radical (unpaired) electrons. The highest BCUT2D eigenvalue weighted by atomic mass is 16.6. The molecule has 1 aliphatic rings. The maximum absolute atomic E-state index is 11.6. The van der Waals surface area contributed by atoms with E-state index in [1.807, 2.05) is 6.08 Å². The van der Waals surface area contributed by atoms with E-state index >= 15 is 0 Å². The Balaban J connectivity index is 1.91. The first-order chi connectivity index (χ1) is 11.8. The summed E-state index contributed by atoms with van der Waals surface area (Å²) in [5.74, 6) is 6.20. The SMILES string of the molecule is CCCCCC/C=C\C#CCCCCCC[C@@H]1C[C@@H](CO)OC1=O. The van der Waals surface area contributed by atoms with Gasteiger partial charge in [-0.15, -0.1) is 0 Å². The number of hydrogen-bond donors (Lipinski definition) is 1. The van der Waals surface area contributed by atoms with Gasteiger partial charge < -0.3 is 9.84 Å². The first-order valence-electron chi connectivity index (χ1n) is 9.72. The van der Waals surface area contributed by atoms with Crippen LogP contribution in [-0.2, 0) is 9.53 Å². The molecule has 136 valence electrons. The summed E-state index contributed by atoms with van der Waals surface area (Å²) >= 11 is 0. The van der Waals surface area contributed by atoms with Crippen molar-refractivity contribution in [2.75, 3.05) is 6.61 Å². The molecule has 3 heteroatoms. The highest BCUT2D eigenvalue weighted by molar-refractivity contribution is 5.74. The minimum Gasteiger partial charge on any atom is -0.460 e. The van der Waals surface area contributed by atoms with Gasteiger partial charge >= 0.3 is 5.97 Å². The quantitative estimate of drug-likeness (QED) is 0.317. The first kappa shape index (κ1) is 20.8. The summed E-state index contributed by atoms with van der Waals surface area (Å²) in [7, 11) is 0.